The number of nitrogens with zero attached hydrogens (tertiary/aromatic N) is 2. The molecule has 1 atom stereocenters. The van der Waals surface area contributed by atoms with Gasteiger partial charge in [-0.2, -0.15) is 0 Å². The summed E-state index contributed by atoms with van der Waals surface area (Å²) in [4.78, 5) is 42.0. The number of hydrogen-bond acceptors (Lipinski definition) is 4. The molecule has 174 valence electrons. The number of benzene rings is 3. The number of imide groups is 1. The van der Waals surface area contributed by atoms with Crippen molar-refractivity contribution in [1.29, 1.82) is 0 Å². The van der Waals surface area contributed by atoms with E-state index in [0.29, 0.717) is 17.1 Å². The maximum atomic E-state index is 13.4. The number of hydrogen-bond donors (Lipinski definition) is 1. The number of urea groups is 1. The minimum Gasteiger partial charge on any atom is -0.497 e. The molecule has 4 amide bonds. The smallest absolute Gasteiger partial charge is 0.332 e. The molecule has 1 fully saturated rings. The lowest BCUT2D eigenvalue weighted by atomic mass is 10.1. The van der Waals surface area contributed by atoms with Gasteiger partial charge in [0, 0.05) is 18.3 Å². The number of amides is 4. The van der Waals surface area contributed by atoms with Gasteiger partial charge in [-0.05, 0) is 48.9 Å². The summed E-state index contributed by atoms with van der Waals surface area (Å²) < 4.78 is 18.4. The average Bonchev–Trinajstić information content (AvgIpc) is 3.05. The molecule has 0 saturated carbocycles. The Kier molecular flexibility index (Phi) is 6.58. The molecule has 0 radical (unpaired) electrons. The van der Waals surface area contributed by atoms with E-state index in [1.165, 1.54) is 36.3 Å². The predicted octanol–water partition coefficient (Wildman–Crippen LogP) is 4.51. The van der Waals surface area contributed by atoms with Gasteiger partial charge in [0.2, 0.25) is 5.91 Å². The third-order valence-corrected chi connectivity index (χ3v) is 5.61. The zero-order valence-electron chi connectivity index (χ0n) is 18.8. The summed E-state index contributed by atoms with van der Waals surface area (Å²) in [6.45, 7) is 2.13. The summed E-state index contributed by atoms with van der Waals surface area (Å²) in [6.07, 6.45) is -0.242. The second kappa shape index (κ2) is 9.74. The molecular weight excluding hydrogens is 437 g/mol. The number of rotatable bonds is 7. The lowest BCUT2D eigenvalue weighted by Gasteiger charge is -2.22. The van der Waals surface area contributed by atoms with Crippen LogP contribution in [-0.2, 0) is 16.1 Å². The number of carbonyl (C=O) groups excluding carboxylic acids is 3. The summed E-state index contributed by atoms with van der Waals surface area (Å²) in [5.74, 6) is -0.882. The Morgan fingerprint density at radius 1 is 1.03 bits per heavy atom. The molecule has 8 heteroatoms. The first-order chi connectivity index (χ1) is 16.4. The number of ether oxygens (including phenoxy) is 1. The summed E-state index contributed by atoms with van der Waals surface area (Å²) in [7, 11) is 1.50. The van der Waals surface area contributed by atoms with Crippen LogP contribution in [0.5, 0.6) is 5.75 Å². The molecule has 7 nitrogen and oxygen atoms in total. The van der Waals surface area contributed by atoms with Gasteiger partial charge >= 0.3 is 6.03 Å². The van der Waals surface area contributed by atoms with Gasteiger partial charge in [0.25, 0.3) is 5.91 Å². The first kappa shape index (κ1) is 23.0. The molecule has 3 aromatic rings. The van der Waals surface area contributed by atoms with E-state index >= 15 is 0 Å². The third kappa shape index (κ3) is 4.91. The van der Waals surface area contributed by atoms with Crippen LogP contribution in [0, 0.1) is 12.7 Å². The fraction of sp³-hybridized carbons (Fsp3) is 0.192. The highest BCUT2D eigenvalue weighted by Crippen LogP contribution is 2.30. The molecule has 0 bridgehead atoms. The molecule has 0 unspecified atom stereocenters. The van der Waals surface area contributed by atoms with Crippen molar-refractivity contribution >= 4 is 29.2 Å². The van der Waals surface area contributed by atoms with Gasteiger partial charge in [0.15, 0.2) is 0 Å². The second-order valence-electron chi connectivity index (χ2n) is 8.05. The molecular formula is C26H24FN3O4. The van der Waals surface area contributed by atoms with E-state index in [4.69, 9.17) is 4.74 Å². The first-order valence-corrected chi connectivity index (χ1v) is 10.8. The van der Waals surface area contributed by atoms with Crippen molar-refractivity contribution in [2.24, 2.45) is 0 Å². The average molecular weight is 461 g/mol. The van der Waals surface area contributed by atoms with Crippen molar-refractivity contribution in [2.75, 3.05) is 17.3 Å². The van der Waals surface area contributed by atoms with Gasteiger partial charge < -0.3 is 15.0 Å². The highest BCUT2D eigenvalue weighted by Gasteiger charge is 2.46. The maximum absolute atomic E-state index is 13.4. The van der Waals surface area contributed by atoms with E-state index in [1.54, 1.807) is 24.3 Å². The molecule has 4 rings (SSSR count). The van der Waals surface area contributed by atoms with Gasteiger partial charge in [0.1, 0.15) is 17.6 Å². The number of methoxy groups -OCH3 is 1. The van der Waals surface area contributed by atoms with Crippen LogP contribution < -0.4 is 15.0 Å². The number of halogens is 1. The van der Waals surface area contributed by atoms with Crippen molar-refractivity contribution in [2.45, 2.75) is 25.9 Å². The molecule has 1 N–H and O–H groups in total. The molecule has 1 heterocycles. The Balaban J connectivity index is 1.61. The molecule has 3 aromatic carbocycles. The molecule has 1 aliphatic rings. The maximum Gasteiger partial charge on any atom is 0.332 e. The van der Waals surface area contributed by atoms with Crippen molar-refractivity contribution in [1.82, 2.24) is 4.90 Å². The normalized spacial score (nSPS) is 15.6. The van der Waals surface area contributed by atoms with E-state index in [9.17, 15) is 18.8 Å². The van der Waals surface area contributed by atoms with Crippen LogP contribution in [0.4, 0.5) is 20.6 Å². The van der Waals surface area contributed by atoms with Gasteiger partial charge in [-0.25, -0.2) is 14.1 Å². The Morgan fingerprint density at radius 3 is 2.41 bits per heavy atom. The topological polar surface area (TPSA) is 79.0 Å². The zero-order valence-corrected chi connectivity index (χ0v) is 18.8. The van der Waals surface area contributed by atoms with E-state index in [-0.39, 0.29) is 13.0 Å². The quantitative estimate of drug-likeness (QED) is 0.525. The number of anilines is 2. The van der Waals surface area contributed by atoms with Gasteiger partial charge in [-0.15, -0.1) is 0 Å². The molecule has 1 saturated heterocycles. The zero-order chi connectivity index (χ0) is 24.2. The summed E-state index contributed by atoms with van der Waals surface area (Å²) >= 11 is 0. The lowest BCUT2D eigenvalue weighted by Crippen LogP contribution is -2.37. The molecule has 0 spiro atoms. The SMILES string of the molecule is COc1cccc(N2C(=O)[C@H](CC(=O)Nc3ccc(F)cc3)N(Cc3ccc(C)cc3)C2=O)c1. The van der Waals surface area contributed by atoms with Crippen LogP contribution in [0.3, 0.4) is 0 Å². The Morgan fingerprint density at radius 2 is 1.74 bits per heavy atom. The molecule has 0 aromatic heterocycles. The van der Waals surface area contributed by atoms with Gasteiger partial charge in [0.05, 0.1) is 19.2 Å². The monoisotopic (exact) mass is 461 g/mol. The fourth-order valence-corrected chi connectivity index (χ4v) is 3.81. The highest BCUT2D eigenvalue weighted by atomic mass is 19.1. The third-order valence-electron chi connectivity index (χ3n) is 5.61. The number of aryl methyl sites for hydroxylation is 1. The first-order valence-electron chi connectivity index (χ1n) is 10.8. The van der Waals surface area contributed by atoms with Crippen LogP contribution in [0.1, 0.15) is 17.5 Å². The van der Waals surface area contributed by atoms with Crippen LogP contribution in [0.15, 0.2) is 72.8 Å². The molecule has 1 aliphatic heterocycles. The number of carbonyl (C=O) groups is 3. The van der Waals surface area contributed by atoms with Crippen LogP contribution in [0.25, 0.3) is 0 Å². The Labute approximate surface area is 196 Å². The van der Waals surface area contributed by atoms with Crippen LogP contribution in [0.2, 0.25) is 0 Å². The van der Waals surface area contributed by atoms with Gasteiger partial charge in [-0.3, -0.25) is 9.59 Å². The van der Waals surface area contributed by atoms with Crippen molar-refractivity contribution < 1.29 is 23.5 Å². The standard InChI is InChI=1S/C26H24FN3O4/c1-17-6-8-18(9-7-17)16-29-23(15-24(31)28-20-12-10-19(27)11-13-20)25(32)30(26(29)33)21-4-3-5-22(14-21)34-2/h3-14,23H,15-16H2,1-2H3,(H,28,31)/t23-/m0/s1. The molecule has 34 heavy (non-hydrogen) atoms. The van der Waals surface area contributed by atoms with Crippen molar-refractivity contribution in [3.8, 4) is 5.75 Å². The highest BCUT2D eigenvalue weighted by molar-refractivity contribution is 6.22. The fourth-order valence-electron chi connectivity index (χ4n) is 3.81. The van der Waals surface area contributed by atoms with E-state index < -0.39 is 29.7 Å². The van der Waals surface area contributed by atoms with E-state index in [0.717, 1.165) is 16.0 Å². The van der Waals surface area contributed by atoms with E-state index in [1.807, 2.05) is 31.2 Å². The minimum atomic E-state index is -1.000. The summed E-state index contributed by atoms with van der Waals surface area (Å²) in [5.41, 5.74) is 2.67. The van der Waals surface area contributed by atoms with Crippen molar-refractivity contribution in [3.63, 3.8) is 0 Å². The summed E-state index contributed by atoms with van der Waals surface area (Å²) in [5, 5.41) is 2.66. The number of nitrogens with one attached hydrogen (secondary N) is 1. The van der Waals surface area contributed by atoms with Crippen LogP contribution >= 0.6 is 0 Å². The largest absolute Gasteiger partial charge is 0.497 e. The van der Waals surface area contributed by atoms with Crippen LogP contribution in [-0.4, -0.2) is 35.9 Å². The summed E-state index contributed by atoms with van der Waals surface area (Å²) in [6, 6.07) is 18.1. The predicted molar refractivity (Wildman–Crippen MR) is 126 cm³/mol. The molecule has 0 aliphatic carbocycles. The second-order valence-corrected chi connectivity index (χ2v) is 8.05. The lowest BCUT2D eigenvalue weighted by molar-refractivity contribution is -0.124. The Bertz CT molecular complexity index is 1210. The van der Waals surface area contributed by atoms with E-state index in [2.05, 4.69) is 5.32 Å². The Hall–Kier alpha value is -4.20. The van der Waals surface area contributed by atoms with Crippen molar-refractivity contribution in [3.05, 3.63) is 89.7 Å². The minimum absolute atomic E-state index is 0.166. The van der Waals surface area contributed by atoms with Gasteiger partial charge in [-0.1, -0.05) is 35.9 Å².